The number of H-pyrrole nitrogens is 1. The smallest absolute Gasteiger partial charge is 0.266 e. The van der Waals surface area contributed by atoms with E-state index in [4.69, 9.17) is 0 Å². The van der Waals surface area contributed by atoms with Crippen molar-refractivity contribution in [3.8, 4) is 0 Å². The Bertz CT molecular complexity index is 352. The van der Waals surface area contributed by atoms with Crippen LogP contribution in [0.3, 0.4) is 0 Å². The highest BCUT2D eigenvalue weighted by Crippen LogP contribution is 1.74. The minimum atomic E-state index is -0.626. The molecule has 0 bridgehead atoms. The molecule has 0 saturated carbocycles. The molecule has 0 aliphatic carbocycles. The van der Waals surface area contributed by atoms with Gasteiger partial charge >= 0.3 is 5.69 Å². The molecule has 1 N–H and O–H groups in total. The van der Waals surface area contributed by atoms with Gasteiger partial charge < -0.3 is 0 Å². The van der Waals surface area contributed by atoms with Crippen LogP contribution < -0.4 is 11.2 Å². The molecule has 0 aliphatic rings. The minimum Gasteiger partial charge on any atom is -0.266 e. The Morgan fingerprint density at radius 2 is 2.20 bits per heavy atom. The van der Waals surface area contributed by atoms with E-state index in [1.165, 1.54) is 6.92 Å². The zero-order chi connectivity index (χ0) is 7.72. The number of hydrogen-bond donors (Lipinski definition) is 2. The van der Waals surface area contributed by atoms with Crippen LogP contribution in [-0.2, 0) is 0 Å². The van der Waals surface area contributed by atoms with Gasteiger partial charge in [0.15, 0.2) is 0 Å². The van der Waals surface area contributed by atoms with E-state index in [0.717, 1.165) is 0 Å². The van der Waals surface area contributed by atoms with Crippen molar-refractivity contribution in [1.82, 2.24) is 14.2 Å². The molecule has 0 unspecified atom stereocenters. The molecule has 6 heteroatoms. The first-order valence-corrected chi connectivity index (χ1v) is 2.90. The van der Waals surface area contributed by atoms with E-state index in [0.29, 0.717) is 3.97 Å². The Kier molecular flexibility index (Phi) is 1.62. The molecule has 0 atom stereocenters. The van der Waals surface area contributed by atoms with Crippen molar-refractivity contribution in [2.75, 3.05) is 0 Å². The molecular formula is C4H5N3O2S. The summed E-state index contributed by atoms with van der Waals surface area (Å²) in [5, 5.41) is 5.51. The van der Waals surface area contributed by atoms with Gasteiger partial charge in [-0.2, -0.15) is 5.10 Å². The fourth-order valence-electron chi connectivity index (χ4n) is 0.472. The monoisotopic (exact) mass is 159 g/mol. The number of rotatable bonds is 0. The second-order valence-corrected chi connectivity index (χ2v) is 2.13. The van der Waals surface area contributed by atoms with E-state index in [1.54, 1.807) is 0 Å². The van der Waals surface area contributed by atoms with Crippen LogP contribution in [-0.4, -0.2) is 14.2 Å². The number of nitrogens with one attached hydrogen (secondary N) is 1. The number of aromatic nitrogens is 3. The number of aryl methyl sites for hydroxylation is 1. The lowest BCUT2D eigenvalue weighted by molar-refractivity contribution is 0.829. The highest BCUT2D eigenvalue weighted by Gasteiger charge is 1.98. The van der Waals surface area contributed by atoms with Crippen molar-refractivity contribution < 1.29 is 0 Å². The second kappa shape index (κ2) is 2.30. The summed E-state index contributed by atoms with van der Waals surface area (Å²) in [4.78, 5) is 21.4. The predicted octanol–water partition coefficient (Wildman–Crippen LogP) is -1.07. The van der Waals surface area contributed by atoms with Crippen molar-refractivity contribution in [2.24, 2.45) is 0 Å². The van der Waals surface area contributed by atoms with E-state index in [2.05, 4.69) is 23.0 Å². The van der Waals surface area contributed by atoms with Gasteiger partial charge in [-0.25, -0.2) is 13.9 Å². The van der Waals surface area contributed by atoms with E-state index in [1.807, 2.05) is 0 Å². The Morgan fingerprint density at radius 3 is 2.70 bits per heavy atom. The van der Waals surface area contributed by atoms with Crippen LogP contribution in [0.4, 0.5) is 0 Å². The van der Waals surface area contributed by atoms with Crippen molar-refractivity contribution in [3.05, 3.63) is 26.5 Å². The molecule has 0 spiro atoms. The normalized spacial score (nSPS) is 9.80. The maximum absolute atomic E-state index is 10.8. The molecule has 0 aliphatic heterocycles. The number of thiol groups is 1. The summed E-state index contributed by atoms with van der Waals surface area (Å²) in [7, 11) is 0. The molecule has 10 heavy (non-hydrogen) atoms. The minimum absolute atomic E-state index is 0.217. The molecule has 54 valence electrons. The third-order valence-corrected chi connectivity index (χ3v) is 1.38. The lowest BCUT2D eigenvalue weighted by Crippen LogP contribution is -2.32. The van der Waals surface area contributed by atoms with Gasteiger partial charge in [-0.15, -0.1) is 0 Å². The highest BCUT2D eigenvalue weighted by molar-refractivity contribution is 7.78. The average molecular weight is 159 g/mol. The van der Waals surface area contributed by atoms with Crippen LogP contribution in [0.25, 0.3) is 0 Å². The number of aromatic amines is 1. The molecule has 1 rings (SSSR count). The summed E-state index contributed by atoms with van der Waals surface area (Å²) in [6.07, 6.45) is 0. The maximum Gasteiger partial charge on any atom is 0.354 e. The Balaban J connectivity index is 3.66. The van der Waals surface area contributed by atoms with Crippen LogP contribution in [0.1, 0.15) is 5.69 Å². The molecule has 1 heterocycles. The van der Waals surface area contributed by atoms with Crippen molar-refractivity contribution >= 4 is 12.8 Å². The summed E-state index contributed by atoms with van der Waals surface area (Å²) >= 11 is 3.60. The Hall–Kier alpha value is -1.04. The van der Waals surface area contributed by atoms with E-state index in [9.17, 15) is 9.59 Å². The van der Waals surface area contributed by atoms with Crippen molar-refractivity contribution in [1.29, 1.82) is 0 Å². The fourth-order valence-corrected chi connectivity index (χ4v) is 0.662. The molecule has 1 aromatic heterocycles. The van der Waals surface area contributed by atoms with Crippen molar-refractivity contribution in [3.63, 3.8) is 0 Å². The third-order valence-electron chi connectivity index (χ3n) is 1.01. The Labute approximate surface area is 61.2 Å². The molecular weight excluding hydrogens is 154 g/mol. The first-order chi connectivity index (χ1) is 4.63. The highest BCUT2D eigenvalue weighted by atomic mass is 32.1. The van der Waals surface area contributed by atoms with Gasteiger partial charge in [-0.3, -0.25) is 4.79 Å². The van der Waals surface area contributed by atoms with Gasteiger partial charge in [-0.05, 0) is 6.92 Å². The zero-order valence-corrected chi connectivity index (χ0v) is 6.05. The van der Waals surface area contributed by atoms with Gasteiger partial charge in [0.05, 0.1) is 0 Å². The quantitative estimate of drug-likeness (QED) is 0.474. The first kappa shape index (κ1) is 7.07. The van der Waals surface area contributed by atoms with Crippen LogP contribution in [0.15, 0.2) is 9.59 Å². The van der Waals surface area contributed by atoms with E-state index >= 15 is 0 Å². The van der Waals surface area contributed by atoms with Gasteiger partial charge in [0.25, 0.3) is 5.56 Å². The van der Waals surface area contributed by atoms with E-state index in [-0.39, 0.29) is 5.69 Å². The molecule has 0 saturated heterocycles. The van der Waals surface area contributed by atoms with Crippen LogP contribution in [0, 0.1) is 6.92 Å². The van der Waals surface area contributed by atoms with Gasteiger partial charge in [0.2, 0.25) is 0 Å². The third kappa shape index (κ3) is 0.971. The standard InChI is InChI=1S/C4H5N3O2S/c1-2-3(8)7(10)4(9)6-5-2/h10H,1H3,(H,6,9). The summed E-state index contributed by atoms with van der Waals surface area (Å²) in [6, 6.07) is 0. The van der Waals surface area contributed by atoms with Gasteiger partial charge in [-0.1, -0.05) is 12.8 Å². The summed E-state index contributed by atoms with van der Waals surface area (Å²) in [5.74, 6) is 0. The summed E-state index contributed by atoms with van der Waals surface area (Å²) in [6.45, 7) is 1.49. The van der Waals surface area contributed by atoms with Crippen molar-refractivity contribution in [2.45, 2.75) is 6.92 Å². The topological polar surface area (TPSA) is 67.8 Å². The molecule has 0 fully saturated rings. The maximum atomic E-state index is 10.8. The lowest BCUT2D eigenvalue weighted by Gasteiger charge is -1.91. The lowest BCUT2D eigenvalue weighted by atomic mass is 10.5. The predicted molar refractivity (Wildman–Crippen MR) is 38.2 cm³/mol. The van der Waals surface area contributed by atoms with Crippen LogP contribution in [0.5, 0.6) is 0 Å². The second-order valence-electron chi connectivity index (χ2n) is 1.73. The molecule has 0 aromatic carbocycles. The SMILES string of the molecule is Cc1n[nH]c(=O)n(S)c1=O. The van der Waals surface area contributed by atoms with Gasteiger partial charge in [0.1, 0.15) is 5.69 Å². The molecule has 5 nitrogen and oxygen atoms in total. The largest absolute Gasteiger partial charge is 0.354 e. The van der Waals surface area contributed by atoms with Crippen LogP contribution >= 0.6 is 12.8 Å². The molecule has 0 amide bonds. The fraction of sp³-hybridized carbons (Fsp3) is 0.250. The molecule has 0 radical (unpaired) electrons. The van der Waals surface area contributed by atoms with E-state index < -0.39 is 11.2 Å². The zero-order valence-electron chi connectivity index (χ0n) is 5.16. The number of nitrogens with zero attached hydrogens (tertiary/aromatic N) is 2. The molecule has 1 aromatic rings. The number of hydrogen-bond acceptors (Lipinski definition) is 4. The van der Waals surface area contributed by atoms with Crippen LogP contribution in [0.2, 0.25) is 0 Å². The van der Waals surface area contributed by atoms with Gasteiger partial charge in [0, 0.05) is 0 Å². The first-order valence-electron chi connectivity index (χ1n) is 2.50. The average Bonchev–Trinajstić information content (AvgIpc) is 1.93. The summed E-state index contributed by atoms with van der Waals surface area (Å²) < 4.78 is 0.669. The summed E-state index contributed by atoms with van der Waals surface area (Å²) in [5.41, 5.74) is -0.902. The Morgan fingerprint density at radius 1 is 1.60 bits per heavy atom.